The van der Waals surface area contributed by atoms with Gasteiger partial charge in [0, 0.05) is 10.8 Å². The Morgan fingerprint density at radius 3 is 2.67 bits per heavy atom. The summed E-state index contributed by atoms with van der Waals surface area (Å²) in [6, 6.07) is 15.5. The van der Waals surface area contributed by atoms with Crippen LogP contribution in [0.15, 0.2) is 48.5 Å². The van der Waals surface area contributed by atoms with Gasteiger partial charge in [-0.3, -0.25) is 4.79 Å². The van der Waals surface area contributed by atoms with Crippen LogP contribution in [0.25, 0.3) is 0 Å². The van der Waals surface area contributed by atoms with Gasteiger partial charge in [0.15, 0.2) is 0 Å². The van der Waals surface area contributed by atoms with Crippen LogP contribution in [0.5, 0.6) is 5.75 Å². The van der Waals surface area contributed by atoms with Crippen molar-refractivity contribution in [1.82, 2.24) is 5.32 Å². The first kappa shape index (κ1) is 18.7. The molecule has 2 aromatic rings. The Labute approximate surface area is 152 Å². The van der Waals surface area contributed by atoms with Crippen molar-refractivity contribution in [2.45, 2.75) is 25.6 Å². The number of ether oxygens (including phenoxy) is 1. The van der Waals surface area contributed by atoms with Crippen LogP contribution in [0.2, 0.25) is 5.02 Å². The maximum atomic E-state index is 12.0. The quantitative estimate of drug-likeness (QED) is 0.752. The largest absolute Gasteiger partial charge is 0.491 e. The highest BCUT2D eigenvalue weighted by atomic mass is 35.5. The van der Waals surface area contributed by atoms with E-state index in [2.05, 4.69) is 5.32 Å². The van der Waals surface area contributed by atoms with E-state index < -0.39 is 0 Å². The Balaban J connectivity index is 1.68. The normalized spacial score (nSPS) is 11.8. The predicted octanol–water partition coefficient (Wildman–Crippen LogP) is 4.47. The van der Waals surface area contributed by atoms with Crippen LogP contribution in [0.1, 0.15) is 18.1 Å². The number of hydrogen-bond acceptors (Lipinski definition) is 3. The molecule has 2 aromatic carbocycles. The second-order valence-corrected chi connectivity index (χ2v) is 7.02. The van der Waals surface area contributed by atoms with Gasteiger partial charge >= 0.3 is 0 Å². The summed E-state index contributed by atoms with van der Waals surface area (Å²) in [5.41, 5.74) is 2.14. The summed E-state index contributed by atoms with van der Waals surface area (Å²) in [6.45, 7) is 4.39. The molecule has 0 saturated carbocycles. The molecule has 0 fully saturated rings. The monoisotopic (exact) mass is 363 g/mol. The van der Waals surface area contributed by atoms with E-state index in [1.165, 1.54) is 0 Å². The first-order chi connectivity index (χ1) is 11.6. The van der Waals surface area contributed by atoms with Gasteiger partial charge in [0.25, 0.3) is 0 Å². The van der Waals surface area contributed by atoms with Crippen LogP contribution in [-0.4, -0.2) is 24.3 Å². The van der Waals surface area contributed by atoms with E-state index in [1.807, 2.05) is 62.4 Å². The van der Waals surface area contributed by atoms with Crippen molar-refractivity contribution < 1.29 is 9.53 Å². The second-order valence-electron chi connectivity index (χ2n) is 5.63. The first-order valence-electron chi connectivity index (χ1n) is 7.85. The zero-order valence-corrected chi connectivity index (χ0v) is 15.5. The first-order valence-corrected chi connectivity index (χ1v) is 9.38. The molecule has 0 aliphatic carbocycles. The number of halogens is 1. The van der Waals surface area contributed by atoms with Gasteiger partial charge in [-0.15, -0.1) is 11.8 Å². The number of thioether (sulfide) groups is 1. The number of rotatable bonds is 8. The Bertz CT molecular complexity index is 678. The molecule has 1 N–H and O–H groups in total. The predicted molar refractivity (Wildman–Crippen MR) is 102 cm³/mol. The number of amides is 1. The van der Waals surface area contributed by atoms with Crippen LogP contribution in [0, 0.1) is 6.92 Å². The Morgan fingerprint density at radius 2 is 1.92 bits per heavy atom. The highest BCUT2D eigenvalue weighted by Gasteiger charge is 2.09. The fourth-order valence-corrected chi connectivity index (χ4v) is 3.28. The van der Waals surface area contributed by atoms with Crippen LogP contribution in [0.4, 0.5) is 0 Å². The molecule has 0 radical (unpaired) electrons. The lowest BCUT2D eigenvalue weighted by Gasteiger charge is -2.16. The third kappa shape index (κ3) is 6.10. The van der Waals surface area contributed by atoms with Gasteiger partial charge < -0.3 is 10.1 Å². The van der Waals surface area contributed by atoms with E-state index in [1.54, 1.807) is 11.8 Å². The molecular formula is C19H22ClNO2S. The third-order valence-corrected chi connectivity index (χ3v) is 4.79. The lowest BCUT2D eigenvalue weighted by atomic mass is 10.2. The van der Waals surface area contributed by atoms with Crippen LogP contribution in [-0.2, 0) is 10.5 Å². The molecule has 1 atom stereocenters. The summed E-state index contributed by atoms with van der Waals surface area (Å²) in [7, 11) is 0. The lowest BCUT2D eigenvalue weighted by molar-refractivity contribution is -0.119. The van der Waals surface area contributed by atoms with E-state index in [-0.39, 0.29) is 11.9 Å². The van der Waals surface area contributed by atoms with Crippen molar-refractivity contribution >= 4 is 29.3 Å². The molecule has 128 valence electrons. The lowest BCUT2D eigenvalue weighted by Crippen LogP contribution is -2.37. The number of benzene rings is 2. The highest BCUT2D eigenvalue weighted by molar-refractivity contribution is 7.99. The molecular weight excluding hydrogens is 342 g/mol. The van der Waals surface area contributed by atoms with E-state index >= 15 is 0 Å². The summed E-state index contributed by atoms with van der Waals surface area (Å²) in [5.74, 6) is 1.99. The third-order valence-electron chi connectivity index (χ3n) is 3.44. The molecule has 24 heavy (non-hydrogen) atoms. The number of para-hydroxylation sites is 1. The van der Waals surface area contributed by atoms with Crippen molar-refractivity contribution in [2.75, 3.05) is 12.4 Å². The van der Waals surface area contributed by atoms with Crippen molar-refractivity contribution in [3.05, 3.63) is 64.7 Å². The van der Waals surface area contributed by atoms with Crippen LogP contribution < -0.4 is 10.1 Å². The van der Waals surface area contributed by atoms with Crippen LogP contribution >= 0.6 is 23.4 Å². The van der Waals surface area contributed by atoms with Crippen LogP contribution in [0.3, 0.4) is 0 Å². The molecule has 2 rings (SSSR count). The topological polar surface area (TPSA) is 38.3 Å². The van der Waals surface area contributed by atoms with Gasteiger partial charge in [-0.05, 0) is 37.1 Å². The van der Waals surface area contributed by atoms with Gasteiger partial charge in [0.2, 0.25) is 5.91 Å². The minimum Gasteiger partial charge on any atom is -0.491 e. The maximum absolute atomic E-state index is 12.0. The number of aryl methyl sites for hydroxylation is 1. The van der Waals surface area contributed by atoms with Gasteiger partial charge in [-0.1, -0.05) is 48.0 Å². The molecule has 0 bridgehead atoms. The molecule has 0 spiro atoms. The average Bonchev–Trinajstić information content (AvgIpc) is 2.56. The van der Waals surface area contributed by atoms with Gasteiger partial charge in [0.1, 0.15) is 12.4 Å². The summed E-state index contributed by atoms with van der Waals surface area (Å²) < 4.78 is 5.75. The van der Waals surface area contributed by atoms with Gasteiger partial charge in [-0.25, -0.2) is 0 Å². The zero-order valence-electron chi connectivity index (χ0n) is 13.9. The number of nitrogens with one attached hydrogen (secondary N) is 1. The zero-order chi connectivity index (χ0) is 17.4. The summed E-state index contributed by atoms with van der Waals surface area (Å²) >= 11 is 7.66. The van der Waals surface area contributed by atoms with E-state index in [0.29, 0.717) is 12.4 Å². The molecule has 0 aliphatic rings. The molecule has 0 aromatic heterocycles. The molecule has 0 heterocycles. The van der Waals surface area contributed by atoms with Gasteiger partial charge in [-0.2, -0.15) is 0 Å². The second kappa shape index (κ2) is 9.60. The van der Waals surface area contributed by atoms with Crippen molar-refractivity contribution in [1.29, 1.82) is 0 Å². The number of hydrogen-bond donors (Lipinski definition) is 1. The fraction of sp³-hybridized carbons (Fsp3) is 0.316. The molecule has 3 nitrogen and oxygen atoms in total. The molecule has 1 amide bonds. The summed E-state index contributed by atoms with van der Waals surface area (Å²) in [4.78, 5) is 12.0. The van der Waals surface area contributed by atoms with Crippen molar-refractivity contribution in [3.63, 3.8) is 0 Å². The minimum atomic E-state index is -0.0435. The molecule has 5 heteroatoms. The number of carbonyl (C=O) groups is 1. The Kier molecular flexibility index (Phi) is 7.47. The smallest absolute Gasteiger partial charge is 0.230 e. The SMILES string of the molecule is Cc1ccccc1OCC(C)NC(=O)CSCc1ccccc1Cl. The van der Waals surface area contributed by atoms with Crippen molar-refractivity contribution in [3.8, 4) is 5.75 Å². The van der Waals surface area contributed by atoms with E-state index in [9.17, 15) is 4.79 Å². The summed E-state index contributed by atoms with van der Waals surface area (Å²) in [5, 5.41) is 3.69. The minimum absolute atomic E-state index is 0.00735. The maximum Gasteiger partial charge on any atom is 0.230 e. The fourth-order valence-electron chi connectivity index (χ4n) is 2.16. The van der Waals surface area contributed by atoms with E-state index in [0.717, 1.165) is 27.7 Å². The molecule has 0 saturated heterocycles. The average molecular weight is 364 g/mol. The Hall–Kier alpha value is -1.65. The summed E-state index contributed by atoms with van der Waals surface area (Å²) in [6.07, 6.45) is 0. The highest BCUT2D eigenvalue weighted by Crippen LogP contribution is 2.20. The van der Waals surface area contributed by atoms with Gasteiger partial charge in [0.05, 0.1) is 11.8 Å². The Morgan fingerprint density at radius 1 is 1.21 bits per heavy atom. The van der Waals surface area contributed by atoms with E-state index in [4.69, 9.17) is 16.3 Å². The molecule has 0 aliphatic heterocycles. The molecule has 1 unspecified atom stereocenters. The standard InChI is InChI=1S/C19H22ClNO2S/c1-14-7-3-6-10-18(14)23-11-15(2)21-19(22)13-24-12-16-8-4-5-9-17(16)20/h3-10,15H,11-13H2,1-2H3,(H,21,22). The number of carbonyl (C=O) groups excluding carboxylic acids is 1. The van der Waals surface area contributed by atoms with Crippen molar-refractivity contribution in [2.24, 2.45) is 0 Å².